The summed E-state index contributed by atoms with van der Waals surface area (Å²) in [5, 5.41) is 5.55. The lowest BCUT2D eigenvalue weighted by atomic mass is 9.98. The van der Waals surface area contributed by atoms with Gasteiger partial charge < -0.3 is 20.1 Å². The van der Waals surface area contributed by atoms with E-state index >= 15 is 0 Å². The molecule has 0 aliphatic carbocycles. The van der Waals surface area contributed by atoms with Gasteiger partial charge in [-0.15, -0.1) is 0 Å². The Hall–Kier alpha value is -3.54. The molecule has 148 valence electrons. The Balaban J connectivity index is 1.48. The summed E-state index contributed by atoms with van der Waals surface area (Å²) in [7, 11) is 0. The van der Waals surface area contributed by atoms with Crippen molar-refractivity contribution in [1.29, 1.82) is 0 Å². The molecule has 1 aliphatic heterocycles. The van der Waals surface area contributed by atoms with Crippen LogP contribution in [0, 0.1) is 5.82 Å². The average Bonchev–Trinajstić information content (AvgIpc) is 3.18. The van der Waals surface area contributed by atoms with E-state index in [1.165, 1.54) is 12.1 Å². The average molecular weight is 392 g/mol. The highest BCUT2D eigenvalue weighted by Gasteiger charge is 2.18. The number of carbonyl (C=O) groups excluding carboxylic acids is 1. The largest absolute Gasteiger partial charge is 0.454 e. The Bertz CT molecular complexity index is 994. The van der Waals surface area contributed by atoms with Gasteiger partial charge in [-0.3, -0.25) is 0 Å². The second-order valence-electron chi connectivity index (χ2n) is 6.86. The summed E-state index contributed by atoms with van der Waals surface area (Å²) >= 11 is 0. The monoisotopic (exact) mass is 392 g/mol. The van der Waals surface area contributed by atoms with Crippen molar-refractivity contribution in [3.05, 3.63) is 89.7 Å². The number of fused-ring (bicyclic) bond motifs is 1. The zero-order valence-electron chi connectivity index (χ0n) is 15.7. The number of urea groups is 1. The first-order valence-corrected chi connectivity index (χ1v) is 9.42. The summed E-state index contributed by atoms with van der Waals surface area (Å²) in [5.74, 6) is 0.952. The van der Waals surface area contributed by atoms with Gasteiger partial charge in [0, 0.05) is 6.04 Å². The number of benzene rings is 3. The number of para-hydroxylation sites is 1. The maximum Gasteiger partial charge on any atom is 0.319 e. The van der Waals surface area contributed by atoms with Crippen molar-refractivity contribution in [2.24, 2.45) is 0 Å². The van der Waals surface area contributed by atoms with E-state index in [9.17, 15) is 9.18 Å². The molecule has 6 heteroatoms. The van der Waals surface area contributed by atoms with Crippen LogP contribution in [0.2, 0.25) is 0 Å². The number of anilines is 1. The van der Waals surface area contributed by atoms with Gasteiger partial charge in [-0.1, -0.05) is 48.5 Å². The first-order valence-electron chi connectivity index (χ1n) is 9.42. The van der Waals surface area contributed by atoms with E-state index < -0.39 is 11.8 Å². The number of nitrogens with one attached hydrogen (secondary N) is 2. The maximum atomic E-state index is 13.8. The lowest BCUT2D eigenvalue weighted by Crippen LogP contribution is -2.40. The molecule has 3 aromatic rings. The number of ether oxygens (including phenoxy) is 2. The van der Waals surface area contributed by atoms with Gasteiger partial charge in [0.05, 0.1) is 5.69 Å². The third-order valence-electron chi connectivity index (χ3n) is 4.70. The molecule has 0 spiro atoms. The van der Waals surface area contributed by atoms with Crippen molar-refractivity contribution in [2.75, 3.05) is 12.1 Å². The van der Waals surface area contributed by atoms with E-state index in [0.717, 1.165) is 16.9 Å². The Kier molecular flexibility index (Phi) is 5.61. The Labute approximate surface area is 168 Å². The Morgan fingerprint density at radius 3 is 2.45 bits per heavy atom. The second kappa shape index (κ2) is 8.65. The summed E-state index contributed by atoms with van der Waals surface area (Å²) in [6.45, 7) is 0.218. The molecule has 0 saturated heterocycles. The Morgan fingerprint density at radius 2 is 1.62 bits per heavy atom. The molecule has 2 amide bonds. The van der Waals surface area contributed by atoms with E-state index in [4.69, 9.17) is 9.47 Å². The van der Waals surface area contributed by atoms with E-state index in [1.54, 1.807) is 12.1 Å². The number of hydrogen-bond donors (Lipinski definition) is 2. The number of carbonyl (C=O) groups is 1. The van der Waals surface area contributed by atoms with Gasteiger partial charge in [0.2, 0.25) is 6.79 Å². The SMILES string of the molecule is O=C(Nc1ccccc1F)NC(Cc1ccccc1)Cc1ccc2c(c1)OCO2. The van der Waals surface area contributed by atoms with Crippen molar-refractivity contribution in [3.63, 3.8) is 0 Å². The zero-order chi connectivity index (χ0) is 20.1. The molecule has 4 rings (SSSR count). The first-order chi connectivity index (χ1) is 14.2. The molecule has 0 saturated carbocycles. The highest BCUT2D eigenvalue weighted by molar-refractivity contribution is 5.89. The standard InChI is InChI=1S/C23H21FN2O3/c24-19-8-4-5-9-20(19)26-23(27)25-18(12-16-6-2-1-3-7-16)13-17-10-11-21-22(14-17)29-15-28-21/h1-11,14,18H,12-13,15H2,(H2,25,26,27). The molecule has 0 radical (unpaired) electrons. The fourth-order valence-electron chi connectivity index (χ4n) is 3.33. The molecule has 0 aromatic heterocycles. The molecule has 1 heterocycles. The summed E-state index contributed by atoms with van der Waals surface area (Å²) in [4.78, 5) is 12.5. The molecule has 1 atom stereocenters. The first kappa shape index (κ1) is 18.8. The molecule has 2 N–H and O–H groups in total. The van der Waals surface area contributed by atoms with E-state index in [-0.39, 0.29) is 18.5 Å². The lowest BCUT2D eigenvalue weighted by Gasteiger charge is -2.20. The normalized spacial score (nSPS) is 13.0. The van der Waals surface area contributed by atoms with Crippen LogP contribution in [0.3, 0.4) is 0 Å². The number of rotatable bonds is 6. The van der Waals surface area contributed by atoms with Crippen LogP contribution in [-0.4, -0.2) is 18.9 Å². The summed E-state index contributed by atoms with van der Waals surface area (Å²) < 4.78 is 24.6. The molecule has 29 heavy (non-hydrogen) atoms. The molecule has 1 aliphatic rings. The number of amides is 2. The van der Waals surface area contributed by atoms with Crippen molar-refractivity contribution in [1.82, 2.24) is 5.32 Å². The molecular formula is C23H21FN2O3. The molecular weight excluding hydrogens is 371 g/mol. The minimum Gasteiger partial charge on any atom is -0.454 e. The van der Waals surface area contributed by atoms with Crippen LogP contribution in [0.1, 0.15) is 11.1 Å². The molecule has 3 aromatic carbocycles. The van der Waals surface area contributed by atoms with Gasteiger partial charge >= 0.3 is 6.03 Å². The highest BCUT2D eigenvalue weighted by Crippen LogP contribution is 2.32. The van der Waals surface area contributed by atoms with Crippen LogP contribution in [0.4, 0.5) is 14.9 Å². The van der Waals surface area contributed by atoms with Gasteiger partial charge in [-0.05, 0) is 48.2 Å². The number of halogens is 1. The topological polar surface area (TPSA) is 59.6 Å². The van der Waals surface area contributed by atoms with E-state index in [1.807, 2.05) is 48.5 Å². The summed E-state index contributed by atoms with van der Waals surface area (Å²) in [6.07, 6.45) is 1.23. The van der Waals surface area contributed by atoms with Crippen LogP contribution in [0.25, 0.3) is 0 Å². The van der Waals surface area contributed by atoms with Gasteiger partial charge in [-0.2, -0.15) is 0 Å². The fourth-order valence-corrected chi connectivity index (χ4v) is 3.33. The van der Waals surface area contributed by atoms with Crippen LogP contribution < -0.4 is 20.1 Å². The van der Waals surface area contributed by atoms with Gasteiger partial charge in [0.25, 0.3) is 0 Å². The second-order valence-corrected chi connectivity index (χ2v) is 6.86. The van der Waals surface area contributed by atoms with Crippen molar-refractivity contribution in [2.45, 2.75) is 18.9 Å². The van der Waals surface area contributed by atoms with Crippen LogP contribution in [0.15, 0.2) is 72.8 Å². The third kappa shape index (κ3) is 4.85. The number of hydrogen-bond acceptors (Lipinski definition) is 3. The van der Waals surface area contributed by atoms with Gasteiger partial charge in [0.15, 0.2) is 11.5 Å². The quantitative estimate of drug-likeness (QED) is 0.648. The molecule has 0 fully saturated rings. The van der Waals surface area contributed by atoms with Crippen LogP contribution in [-0.2, 0) is 12.8 Å². The molecule has 1 unspecified atom stereocenters. The molecule has 0 bridgehead atoms. The minimum absolute atomic E-state index is 0.145. The Morgan fingerprint density at radius 1 is 0.897 bits per heavy atom. The minimum atomic E-state index is -0.474. The zero-order valence-corrected chi connectivity index (χ0v) is 15.7. The van der Waals surface area contributed by atoms with Gasteiger partial charge in [0.1, 0.15) is 5.82 Å². The van der Waals surface area contributed by atoms with E-state index in [2.05, 4.69) is 10.6 Å². The smallest absolute Gasteiger partial charge is 0.319 e. The highest BCUT2D eigenvalue weighted by atomic mass is 19.1. The van der Waals surface area contributed by atoms with E-state index in [0.29, 0.717) is 18.6 Å². The van der Waals surface area contributed by atoms with Gasteiger partial charge in [-0.25, -0.2) is 9.18 Å². The summed E-state index contributed by atoms with van der Waals surface area (Å²) in [6, 6.07) is 21.1. The predicted octanol–water partition coefficient (Wildman–Crippen LogP) is 4.53. The van der Waals surface area contributed by atoms with Crippen molar-refractivity contribution in [3.8, 4) is 11.5 Å². The third-order valence-corrected chi connectivity index (χ3v) is 4.70. The summed E-state index contributed by atoms with van der Waals surface area (Å²) in [5.41, 5.74) is 2.26. The lowest BCUT2D eigenvalue weighted by molar-refractivity contribution is 0.174. The van der Waals surface area contributed by atoms with Crippen LogP contribution in [0.5, 0.6) is 11.5 Å². The maximum absolute atomic E-state index is 13.8. The predicted molar refractivity (Wildman–Crippen MR) is 109 cm³/mol. The fraction of sp³-hybridized carbons (Fsp3) is 0.174. The van der Waals surface area contributed by atoms with Crippen LogP contribution >= 0.6 is 0 Å². The van der Waals surface area contributed by atoms with Crippen molar-refractivity contribution >= 4 is 11.7 Å². The molecule has 5 nitrogen and oxygen atoms in total. The van der Waals surface area contributed by atoms with Crippen molar-refractivity contribution < 1.29 is 18.7 Å².